The van der Waals surface area contributed by atoms with Crippen molar-refractivity contribution < 1.29 is 9.53 Å². The van der Waals surface area contributed by atoms with Crippen LogP contribution in [-0.4, -0.2) is 56.9 Å². The molecule has 3 heterocycles. The zero-order chi connectivity index (χ0) is 21.5. The van der Waals surface area contributed by atoms with Gasteiger partial charge in [-0.15, -0.1) is 0 Å². The van der Waals surface area contributed by atoms with Gasteiger partial charge in [0, 0.05) is 47.9 Å². The van der Waals surface area contributed by atoms with Gasteiger partial charge < -0.3 is 9.64 Å². The Morgan fingerprint density at radius 3 is 2.41 bits per heavy atom. The molecule has 32 heavy (non-hydrogen) atoms. The third kappa shape index (κ3) is 3.44. The Balaban J connectivity index is 1.41. The maximum Gasteiger partial charge on any atom is 0.254 e. The Labute approximate surface area is 185 Å². The highest BCUT2D eigenvalue weighted by Crippen LogP contribution is 2.43. The molecule has 7 nitrogen and oxygen atoms in total. The van der Waals surface area contributed by atoms with Crippen molar-refractivity contribution in [3.63, 3.8) is 0 Å². The minimum Gasteiger partial charge on any atom is -0.378 e. The summed E-state index contributed by atoms with van der Waals surface area (Å²) in [6.07, 6.45) is 5.94. The summed E-state index contributed by atoms with van der Waals surface area (Å²) in [6, 6.07) is 15.9. The predicted octanol–water partition coefficient (Wildman–Crippen LogP) is 3.83. The highest BCUT2D eigenvalue weighted by Gasteiger charge is 2.30. The molecule has 2 aromatic heterocycles. The van der Waals surface area contributed by atoms with Crippen molar-refractivity contribution in [3.05, 3.63) is 72.2 Å². The summed E-state index contributed by atoms with van der Waals surface area (Å²) < 4.78 is 7.17. The third-order valence-corrected chi connectivity index (χ3v) is 6.15. The van der Waals surface area contributed by atoms with Crippen LogP contribution in [0.5, 0.6) is 0 Å². The SMILES string of the molecule is O=C(c1ccc2c(C3CC3)nn(-c3ncc(-c4ccccc4)cn3)c2c1)N1CCOCC1. The fourth-order valence-electron chi connectivity index (χ4n) is 4.24. The maximum absolute atomic E-state index is 13.1. The van der Waals surface area contributed by atoms with Gasteiger partial charge >= 0.3 is 0 Å². The van der Waals surface area contributed by atoms with E-state index in [4.69, 9.17) is 9.84 Å². The number of carbonyl (C=O) groups excluding carboxylic acids is 1. The Kier molecular flexibility index (Phi) is 4.69. The summed E-state index contributed by atoms with van der Waals surface area (Å²) in [5.41, 5.74) is 4.63. The van der Waals surface area contributed by atoms with Gasteiger partial charge in [0.25, 0.3) is 11.9 Å². The molecule has 1 aliphatic carbocycles. The van der Waals surface area contributed by atoms with Crippen molar-refractivity contribution in [2.24, 2.45) is 0 Å². The van der Waals surface area contributed by atoms with Gasteiger partial charge in [-0.25, -0.2) is 9.97 Å². The first kappa shape index (κ1) is 19.1. The summed E-state index contributed by atoms with van der Waals surface area (Å²) in [5, 5.41) is 5.95. The number of ether oxygens (including phenoxy) is 1. The number of hydrogen-bond donors (Lipinski definition) is 0. The highest BCUT2D eigenvalue weighted by molar-refractivity contribution is 5.98. The zero-order valence-corrected chi connectivity index (χ0v) is 17.6. The van der Waals surface area contributed by atoms with Gasteiger partial charge in [0.1, 0.15) is 0 Å². The molecule has 0 unspecified atom stereocenters. The fourth-order valence-corrected chi connectivity index (χ4v) is 4.24. The lowest BCUT2D eigenvalue weighted by atomic mass is 10.1. The summed E-state index contributed by atoms with van der Waals surface area (Å²) >= 11 is 0. The first-order valence-corrected chi connectivity index (χ1v) is 11.1. The van der Waals surface area contributed by atoms with E-state index in [2.05, 4.69) is 9.97 Å². The van der Waals surface area contributed by atoms with Crippen molar-refractivity contribution in [1.82, 2.24) is 24.6 Å². The topological polar surface area (TPSA) is 73.1 Å². The van der Waals surface area contributed by atoms with Crippen LogP contribution in [0.15, 0.2) is 60.9 Å². The maximum atomic E-state index is 13.1. The quantitative estimate of drug-likeness (QED) is 0.497. The number of rotatable bonds is 4. The molecule has 0 atom stereocenters. The van der Waals surface area contributed by atoms with Gasteiger partial charge in [-0.3, -0.25) is 4.79 Å². The lowest BCUT2D eigenvalue weighted by Gasteiger charge is -2.26. The molecule has 1 amide bonds. The van der Waals surface area contributed by atoms with E-state index in [1.54, 1.807) is 4.68 Å². The molecule has 1 saturated carbocycles. The van der Waals surface area contributed by atoms with Crippen molar-refractivity contribution in [2.45, 2.75) is 18.8 Å². The van der Waals surface area contributed by atoms with Crippen LogP contribution >= 0.6 is 0 Å². The van der Waals surface area contributed by atoms with E-state index in [0.29, 0.717) is 43.7 Å². The van der Waals surface area contributed by atoms with E-state index in [9.17, 15) is 4.79 Å². The van der Waals surface area contributed by atoms with Crippen LogP contribution in [0.4, 0.5) is 0 Å². The number of carbonyl (C=O) groups is 1. The second-order valence-electron chi connectivity index (χ2n) is 8.35. The van der Waals surface area contributed by atoms with Crippen LogP contribution in [-0.2, 0) is 4.74 Å². The van der Waals surface area contributed by atoms with E-state index in [0.717, 1.165) is 40.6 Å². The molecule has 0 spiro atoms. The minimum atomic E-state index is 0.0243. The number of hydrogen-bond acceptors (Lipinski definition) is 5. The first-order chi connectivity index (χ1) is 15.8. The average molecular weight is 425 g/mol. The zero-order valence-electron chi connectivity index (χ0n) is 17.6. The minimum absolute atomic E-state index is 0.0243. The van der Waals surface area contributed by atoms with Gasteiger partial charge in [-0.05, 0) is 30.5 Å². The molecular formula is C25H23N5O2. The molecule has 2 aromatic carbocycles. The van der Waals surface area contributed by atoms with E-state index >= 15 is 0 Å². The second-order valence-corrected chi connectivity index (χ2v) is 8.35. The predicted molar refractivity (Wildman–Crippen MR) is 121 cm³/mol. The van der Waals surface area contributed by atoms with E-state index < -0.39 is 0 Å². The molecule has 0 radical (unpaired) electrons. The Morgan fingerprint density at radius 1 is 0.938 bits per heavy atom. The molecule has 160 valence electrons. The largest absolute Gasteiger partial charge is 0.378 e. The van der Waals surface area contributed by atoms with Crippen LogP contribution in [0.25, 0.3) is 28.0 Å². The average Bonchev–Trinajstić information content (AvgIpc) is 3.65. The van der Waals surface area contributed by atoms with Gasteiger partial charge in [0.15, 0.2) is 0 Å². The number of benzene rings is 2. The number of fused-ring (bicyclic) bond motifs is 1. The van der Waals surface area contributed by atoms with Crippen LogP contribution in [0.2, 0.25) is 0 Å². The molecule has 0 bridgehead atoms. The number of nitrogens with zero attached hydrogens (tertiary/aromatic N) is 5. The molecule has 2 aliphatic rings. The van der Waals surface area contributed by atoms with E-state index in [1.165, 1.54) is 0 Å². The van der Waals surface area contributed by atoms with Crippen molar-refractivity contribution in [2.75, 3.05) is 26.3 Å². The lowest BCUT2D eigenvalue weighted by molar-refractivity contribution is 0.0303. The number of morpholine rings is 1. The van der Waals surface area contributed by atoms with Crippen LogP contribution in [0.1, 0.15) is 34.8 Å². The van der Waals surface area contributed by atoms with Crippen LogP contribution < -0.4 is 0 Å². The van der Waals surface area contributed by atoms with Crippen molar-refractivity contribution in [3.8, 4) is 17.1 Å². The molecule has 2 fully saturated rings. The molecule has 0 N–H and O–H groups in total. The van der Waals surface area contributed by atoms with Gasteiger partial charge in [-0.1, -0.05) is 36.4 Å². The normalized spacial score (nSPS) is 16.4. The molecular weight excluding hydrogens is 402 g/mol. The highest BCUT2D eigenvalue weighted by atomic mass is 16.5. The molecule has 7 heteroatoms. The van der Waals surface area contributed by atoms with Gasteiger partial charge in [0.05, 0.1) is 24.4 Å². The number of amides is 1. The summed E-state index contributed by atoms with van der Waals surface area (Å²) in [7, 11) is 0. The monoisotopic (exact) mass is 425 g/mol. The summed E-state index contributed by atoms with van der Waals surface area (Å²) in [6.45, 7) is 2.40. The molecule has 4 aromatic rings. The second kappa shape index (κ2) is 7.84. The first-order valence-electron chi connectivity index (χ1n) is 11.1. The Morgan fingerprint density at radius 2 is 1.69 bits per heavy atom. The van der Waals surface area contributed by atoms with Gasteiger partial charge in [-0.2, -0.15) is 9.78 Å². The standard InChI is InChI=1S/C25H23N5O2/c31-24(29-10-12-32-13-11-29)19-8-9-21-22(14-19)30(28-23(21)18-6-7-18)25-26-15-20(16-27-25)17-4-2-1-3-5-17/h1-5,8-9,14-16,18H,6-7,10-13H2. The summed E-state index contributed by atoms with van der Waals surface area (Å²) in [5.74, 6) is 1.01. The fraction of sp³-hybridized carbons (Fsp3) is 0.280. The van der Waals surface area contributed by atoms with Crippen molar-refractivity contribution in [1.29, 1.82) is 0 Å². The molecule has 6 rings (SSSR count). The van der Waals surface area contributed by atoms with Gasteiger partial charge in [0.2, 0.25) is 0 Å². The number of aromatic nitrogens is 4. The lowest BCUT2D eigenvalue weighted by Crippen LogP contribution is -2.40. The van der Waals surface area contributed by atoms with E-state index in [1.807, 2.05) is 65.8 Å². The van der Waals surface area contributed by atoms with Crippen LogP contribution in [0, 0.1) is 0 Å². The van der Waals surface area contributed by atoms with Crippen molar-refractivity contribution >= 4 is 16.8 Å². The Hall–Kier alpha value is -3.58. The van der Waals surface area contributed by atoms with Crippen LogP contribution in [0.3, 0.4) is 0 Å². The smallest absolute Gasteiger partial charge is 0.254 e. The third-order valence-electron chi connectivity index (χ3n) is 6.15. The Bertz CT molecular complexity index is 1270. The molecule has 1 aliphatic heterocycles. The molecule has 1 saturated heterocycles. The summed E-state index contributed by atoms with van der Waals surface area (Å²) in [4.78, 5) is 24.1. The van der Waals surface area contributed by atoms with E-state index in [-0.39, 0.29) is 5.91 Å².